The summed E-state index contributed by atoms with van der Waals surface area (Å²) in [5, 5.41) is 0. The van der Waals surface area contributed by atoms with Crippen molar-refractivity contribution in [2.24, 2.45) is 0 Å². The van der Waals surface area contributed by atoms with Crippen molar-refractivity contribution in [3.8, 4) is 0 Å². The number of hydrogen-bond acceptors (Lipinski definition) is 3. The monoisotopic (exact) mass is 231 g/mol. The van der Waals surface area contributed by atoms with Crippen LogP contribution in [-0.4, -0.2) is 21.1 Å². The van der Waals surface area contributed by atoms with Crippen LogP contribution < -0.4 is 0 Å². The topological polar surface area (TPSA) is 39.9 Å². The lowest BCUT2D eigenvalue weighted by Crippen LogP contribution is -2.10. The molecule has 0 saturated carbocycles. The fraction of sp³-hybridized carbons (Fsp3) is 0.538. The van der Waals surface area contributed by atoms with E-state index in [0.29, 0.717) is 6.04 Å². The standard InChI is InChI=1S/C13H17N3O/c1-9(2)16-12-10(5-3-7-14-12)15-13(16)11-6-4-8-17-11/h3,5,7,9,11H,4,6,8H2,1-2H3. The number of ether oxygens (including phenoxy) is 1. The molecule has 0 spiro atoms. The fourth-order valence-corrected chi connectivity index (χ4v) is 2.46. The number of hydrogen-bond donors (Lipinski definition) is 0. The molecule has 0 radical (unpaired) electrons. The first-order valence-electron chi connectivity index (χ1n) is 6.22. The normalized spacial score (nSPS) is 20.5. The summed E-state index contributed by atoms with van der Waals surface area (Å²) in [6, 6.07) is 4.30. The number of nitrogens with zero attached hydrogens (tertiary/aromatic N) is 3. The molecule has 2 aromatic rings. The summed E-state index contributed by atoms with van der Waals surface area (Å²) >= 11 is 0. The van der Waals surface area contributed by atoms with Crippen LogP contribution in [0.5, 0.6) is 0 Å². The number of fused-ring (bicyclic) bond motifs is 1. The quantitative estimate of drug-likeness (QED) is 0.797. The summed E-state index contributed by atoms with van der Waals surface area (Å²) < 4.78 is 7.95. The van der Waals surface area contributed by atoms with Crippen LogP contribution in [0.3, 0.4) is 0 Å². The summed E-state index contributed by atoms with van der Waals surface area (Å²) in [5.74, 6) is 1.03. The van der Waals surface area contributed by atoms with E-state index in [1.54, 1.807) is 0 Å². The minimum atomic E-state index is 0.145. The molecule has 4 nitrogen and oxygen atoms in total. The van der Waals surface area contributed by atoms with E-state index in [1.807, 2.05) is 18.3 Å². The van der Waals surface area contributed by atoms with E-state index in [-0.39, 0.29) is 6.10 Å². The fourth-order valence-electron chi connectivity index (χ4n) is 2.46. The highest BCUT2D eigenvalue weighted by atomic mass is 16.5. The molecule has 1 unspecified atom stereocenters. The molecule has 0 bridgehead atoms. The third-order valence-corrected chi connectivity index (χ3v) is 3.21. The SMILES string of the molecule is CC(C)n1c(C2CCCO2)nc2cccnc21. The molecule has 3 rings (SSSR count). The summed E-state index contributed by atoms with van der Waals surface area (Å²) in [5.41, 5.74) is 1.93. The number of imidazole rings is 1. The second-order valence-corrected chi connectivity index (χ2v) is 4.78. The van der Waals surface area contributed by atoms with Crippen molar-refractivity contribution >= 4 is 11.2 Å². The molecule has 0 aromatic carbocycles. The average Bonchev–Trinajstić information content (AvgIpc) is 2.95. The first kappa shape index (κ1) is 10.7. The number of pyridine rings is 1. The van der Waals surface area contributed by atoms with Crippen LogP contribution in [0.2, 0.25) is 0 Å². The van der Waals surface area contributed by atoms with E-state index in [1.165, 1.54) is 0 Å². The van der Waals surface area contributed by atoms with Crippen molar-refractivity contribution in [2.75, 3.05) is 6.61 Å². The summed E-state index contributed by atoms with van der Waals surface area (Å²) in [6.45, 7) is 5.17. The molecule has 1 aliphatic rings. The van der Waals surface area contributed by atoms with Gasteiger partial charge in [0.05, 0.1) is 0 Å². The average molecular weight is 231 g/mol. The van der Waals surface area contributed by atoms with Crippen LogP contribution in [-0.2, 0) is 4.74 Å². The van der Waals surface area contributed by atoms with Crippen molar-refractivity contribution in [3.63, 3.8) is 0 Å². The highest BCUT2D eigenvalue weighted by Gasteiger charge is 2.25. The highest BCUT2D eigenvalue weighted by Crippen LogP contribution is 2.31. The lowest BCUT2D eigenvalue weighted by molar-refractivity contribution is 0.101. The Bertz CT molecular complexity index is 526. The van der Waals surface area contributed by atoms with Crippen molar-refractivity contribution in [1.29, 1.82) is 0 Å². The first-order valence-corrected chi connectivity index (χ1v) is 6.22. The van der Waals surface area contributed by atoms with Crippen LogP contribution in [0.25, 0.3) is 11.2 Å². The highest BCUT2D eigenvalue weighted by molar-refractivity contribution is 5.71. The van der Waals surface area contributed by atoms with Gasteiger partial charge in [-0.15, -0.1) is 0 Å². The maximum atomic E-state index is 5.75. The minimum Gasteiger partial charge on any atom is -0.370 e. The molecular formula is C13H17N3O. The largest absolute Gasteiger partial charge is 0.370 e. The molecule has 2 aromatic heterocycles. The summed E-state index contributed by atoms with van der Waals surface area (Å²) in [6.07, 6.45) is 4.16. The van der Waals surface area contributed by atoms with E-state index >= 15 is 0 Å². The van der Waals surface area contributed by atoms with Crippen LogP contribution in [0.4, 0.5) is 0 Å². The van der Waals surface area contributed by atoms with Crippen molar-refractivity contribution < 1.29 is 4.74 Å². The van der Waals surface area contributed by atoms with E-state index in [0.717, 1.165) is 36.4 Å². The summed E-state index contributed by atoms with van der Waals surface area (Å²) in [4.78, 5) is 9.13. The predicted molar refractivity (Wildman–Crippen MR) is 65.8 cm³/mol. The molecule has 4 heteroatoms. The molecule has 0 N–H and O–H groups in total. The Morgan fingerprint density at radius 3 is 3.06 bits per heavy atom. The Labute approximate surface area is 101 Å². The molecule has 0 aliphatic carbocycles. The van der Waals surface area contributed by atoms with Crippen molar-refractivity contribution in [1.82, 2.24) is 14.5 Å². The van der Waals surface area contributed by atoms with Crippen LogP contribution in [0, 0.1) is 0 Å². The third kappa shape index (κ3) is 1.72. The Hall–Kier alpha value is -1.42. The number of aromatic nitrogens is 3. The van der Waals surface area contributed by atoms with Gasteiger partial charge < -0.3 is 9.30 Å². The van der Waals surface area contributed by atoms with Gasteiger partial charge in [0.1, 0.15) is 17.4 Å². The van der Waals surface area contributed by atoms with Gasteiger partial charge in [-0.3, -0.25) is 0 Å². The Morgan fingerprint density at radius 2 is 2.35 bits per heavy atom. The lowest BCUT2D eigenvalue weighted by Gasteiger charge is -2.15. The molecule has 1 saturated heterocycles. The van der Waals surface area contributed by atoms with E-state index < -0.39 is 0 Å². The zero-order chi connectivity index (χ0) is 11.8. The zero-order valence-corrected chi connectivity index (χ0v) is 10.3. The van der Waals surface area contributed by atoms with Gasteiger partial charge in [0, 0.05) is 18.8 Å². The third-order valence-electron chi connectivity index (χ3n) is 3.21. The minimum absolute atomic E-state index is 0.145. The maximum Gasteiger partial charge on any atom is 0.160 e. The molecule has 1 atom stereocenters. The first-order chi connectivity index (χ1) is 8.27. The van der Waals surface area contributed by atoms with Gasteiger partial charge in [-0.25, -0.2) is 9.97 Å². The maximum absolute atomic E-state index is 5.75. The summed E-state index contributed by atoms with van der Waals surface area (Å²) in [7, 11) is 0. The zero-order valence-electron chi connectivity index (χ0n) is 10.3. The second-order valence-electron chi connectivity index (χ2n) is 4.78. The van der Waals surface area contributed by atoms with Gasteiger partial charge in [0.15, 0.2) is 5.65 Å². The Morgan fingerprint density at radius 1 is 1.47 bits per heavy atom. The van der Waals surface area contributed by atoms with Gasteiger partial charge in [-0.05, 0) is 38.8 Å². The van der Waals surface area contributed by atoms with Crippen molar-refractivity contribution in [3.05, 3.63) is 24.2 Å². The molecular weight excluding hydrogens is 214 g/mol. The van der Waals surface area contributed by atoms with Gasteiger partial charge in [0.25, 0.3) is 0 Å². The smallest absolute Gasteiger partial charge is 0.160 e. The van der Waals surface area contributed by atoms with Gasteiger partial charge >= 0.3 is 0 Å². The van der Waals surface area contributed by atoms with E-state index in [9.17, 15) is 0 Å². The predicted octanol–water partition coefficient (Wildman–Crippen LogP) is 2.86. The van der Waals surface area contributed by atoms with Gasteiger partial charge in [0.2, 0.25) is 0 Å². The van der Waals surface area contributed by atoms with Crippen molar-refractivity contribution in [2.45, 2.75) is 38.8 Å². The van der Waals surface area contributed by atoms with Gasteiger partial charge in [-0.2, -0.15) is 0 Å². The molecule has 90 valence electrons. The Balaban J connectivity index is 2.18. The van der Waals surface area contributed by atoms with E-state index in [4.69, 9.17) is 9.72 Å². The van der Waals surface area contributed by atoms with E-state index in [2.05, 4.69) is 23.4 Å². The van der Waals surface area contributed by atoms with Gasteiger partial charge in [-0.1, -0.05) is 0 Å². The van der Waals surface area contributed by atoms with Crippen LogP contribution >= 0.6 is 0 Å². The molecule has 1 aliphatic heterocycles. The molecule has 3 heterocycles. The molecule has 1 fully saturated rings. The number of rotatable bonds is 2. The molecule has 0 amide bonds. The van der Waals surface area contributed by atoms with Crippen LogP contribution in [0.15, 0.2) is 18.3 Å². The molecule has 17 heavy (non-hydrogen) atoms. The Kier molecular flexibility index (Phi) is 2.59. The lowest BCUT2D eigenvalue weighted by atomic mass is 10.2. The second kappa shape index (κ2) is 4.11. The van der Waals surface area contributed by atoms with Crippen LogP contribution in [0.1, 0.15) is 44.7 Å².